The Labute approximate surface area is 167 Å². The summed E-state index contributed by atoms with van der Waals surface area (Å²) in [5, 5.41) is 0. The van der Waals surface area contributed by atoms with Crippen molar-refractivity contribution in [2.24, 2.45) is 0 Å². The molecule has 28 heavy (non-hydrogen) atoms. The van der Waals surface area contributed by atoms with Gasteiger partial charge < -0.3 is 9.31 Å². The Balaban J connectivity index is 1.52. The first-order valence-corrected chi connectivity index (χ1v) is 9.39. The highest BCUT2D eigenvalue weighted by atomic mass is 16.7. The zero-order chi connectivity index (χ0) is 19.9. The molecule has 138 valence electrons. The first-order valence-electron chi connectivity index (χ1n) is 9.39. The third-order valence-electron chi connectivity index (χ3n) is 5.59. The molecule has 2 aromatic carbocycles. The van der Waals surface area contributed by atoms with Crippen LogP contribution in [0.4, 0.5) is 0 Å². The maximum absolute atomic E-state index is 6.11. The molecule has 0 N–H and O–H groups in total. The predicted octanol–water partition coefficient (Wildman–Crippen LogP) is 2.90. The summed E-state index contributed by atoms with van der Waals surface area (Å²) < 4.78 is 12.2. The van der Waals surface area contributed by atoms with Crippen LogP contribution < -0.4 is 10.9 Å². The van der Waals surface area contributed by atoms with Gasteiger partial charge >= 0.3 is 7.12 Å². The number of nitrogens with zero attached hydrogens (tertiary/aromatic N) is 2. The van der Waals surface area contributed by atoms with E-state index >= 15 is 0 Å². The topological polar surface area (TPSA) is 44.2 Å². The fourth-order valence-corrected chi connectivity index (χ4v) is 3.07. The molecule has 0 amide bonds. The molecule has 1 fully saturated rings. The minimum atomic E-state index is -0.363. The van der Waals surface area contributed by atoms with Gasteiger partial charge in [0.25, 0.3) is 0 Å². The van der Waals surface area contributed by atoms with E-state index in [4.69, 9.17) is 17.2 Å². The second-order valence-electron chi connectivity index (χ2n) is 8.12. The molecule has 0 aliphatic carbocycles. The molecule has 0 unspecified atom stereocenters. The molecule has 1 saturated heterocycles. The van der Waals surface area contributed by atoms with Crippen LogP contribution in [0, 0.1) is 0 Å². The number of benzene rings is 2. The fraction of sp³-hybridized carbons (Fsp3) is 0.273. The molecule has 2 heterocycles. The highest BCUT2D eigenvalue weighted by molar-refractivity contribution is 6.62. The largest absolute Gasteiger partial charge is 0.494 e. The normalized spacial score (nSPS) is 17.6. The van der Waals surface area contributed by atoms with E-state index < -0.39 is 0 Å². The van der Waals surface area contributed by atoms with Crippen LogP contribution in [-0.2, 0) is 9.31 Å². The zero-order valence-electron chi connectivity index (χ0n) is 16.6. The summed E-state index contributed by atoms with van der Waals surface area (Å²) in [6.07, 6.45) is 3.57. The van der Waals surface area contributed by atoms with Crippen molar-refractivity contribution in [1.82, 2.24) is 9.97 Å². The van der Waals surface area contributed by atoms with Crippen LogP contribution in [0.5, 0.6) is 0 Å². The van der Waals surface area contributed by atoms with Crippen molar-refractivity contribution in [3.8, 4) is 22.5 Å². The number of rotatable bonds is 3. The minimum Gasteiger partial charge on any atom is -0.399 e. The molecule has 0 atom stereocenters. The Bertz CT molecular complexity index is 953. The Kier molecular flexibility index (Phi) is 4.64. The van der Waals surface area contributed by atoms with Gasteiger partial charge in [-0.25, -0.2) is 0 Å². The van der Waals surface area contributed by atoms with Crippen molar-refractivity contribution in [1.29, 1.82) is 0 Å². The first-order chi connectivity index (χ1) is 13.2. The SMILES string of the molecule is [B]c1ccc(-c2cnc(-c3ccc(B4OC(C)(C)C(C)(C)O4)cc3)cn2)cc1. The highest BCUT2D eigenvalue weighted by Gasteiger charge is 2.51. The van der Waals surface area contributed by atoms with Crippen LogP contribution in [0.15, 0.2) is 60.9 Å². The molecule has 0 bridgehead atoms. The van der Waals surface area contributed by atoms with Crippen LogP contribution in [-0.4, -0.2) is 36.1 Å². The summed E-state index contributed by atoms with van der Waals surface area (Å²) in [6, 6.07) is 15.7. The molecule has 1 aliphatic rings. The van der Waals surface area contributed by atoms with E-state index in [2.05, 4.69) is 37.7 Å². The molecule has 4 rings (SSSR count). The quantitative estimate of drug-likeness (QED) is 0.667. The first kappa shape index (κ1) is 18.9. The van der Waals surface area contributed by atoms with Crippen LogP contribution in [0.3, 0.4) is 0 Å². The van der Waals surface area contributed by atoms with Gasteiger partial charge in [0.2, 0.25) is 0 Å². The lowest BCUT2D eigenvalue weighted by molar-refractivity contribution is 0.00578. The van der Waals surface area contributed by atoms with Gasteiger partial charge in [0.1, 0.15) is 7.85 Å². The van der Waals surface area contributed by atoms with Crippen molar-refractivity contribution in [3.05, 3.63) is 60.9 Å². The van der Waals surface area contributed by atoms with Crippen molar-refractivity contribution >= 4 is 25.9 Å². The van der Waals surface area contributed by atoms with E-state index in [1.54, 1.807) is 12.4 Å². The molecule has 2 radical (unpaired) electrons. The van der Waals surface area contributed by atoms with Gasteiger partial charge in [0.05, 0.1) is 35.0 Å². The molecule has 3 aromatic rings. The summed E-state index contributed by atoms with van der Waals surface area (Å²) in [7, 11) is 5.38. The van der Waals surface area contributed by atoms with E-state index in [9.17, 15) is 0 Å². The van der Waals surface area contributed by atoms with Crippen molar-refractivity contribution in [2.45, 2.75) is 38.9 Å². The van der Waals surface area contributed by atoms with Gasteiger partial charge in [-0.1, -0.05) is 54.0 Å². The standard InChI is InChI=1S/C22H22B2N2O2/c1-21(2)22(3,4)28-24(27-21)18-11-7-16(8-12-18)20-14-25-19(13-26-20)15-5-9-17(23)10-6-15/h5-14H,1-4H3. The van der Waals surface area contributed by atoms with Gasteiger partial charge in [-0.2, -0.15) is 0 Å². The van der Waals surface area contributed by atoms with Crippen LogP contribution in [0.2, 0.25) is 0 Å². The highest BCUT2D eigenvalue weighted by Crippen LogP contribution is 2.36. The van der Waals surface area contributed by atoms with Crippen molar-refractivity contribution < 1.29 is 9.31 Å². The fourth-order valence-electron chi connectivity index (χ4n) is 3.07. The molecule has 1 aromatic heterocycles. The Morgan fingerprint density at radius 3 is 1.57 bits per heavy atom. The lowest BCUT2D eigenvalue weighted by atomic mass is 9.79. The molecule has 4 nitrogen and oxygen atoms in total. The van der Waals surface area contributed by atoms with E-state index in [-0.39, 0.29) is 18.3 Å². The number of hydrogen-bond acceptors (Lipinski definition) is 4. The zero-order valence-corrected chi connectivity index (χ0v) is 16.6. The predicted molar refractivity (Wildman–Crippen MR) is 114 cm³/mol. The third-order valence-corrected chi connectivity index (χ3v) is 5.59. The second-order valence-corrected chi connectivity index (χ2v) is 8.12. The lowest BCUT2D eigenvalue weighted by Gasteiger charge is -2.32. The van der Waals surface area contributed by atoms with Crippen LogP contribution in [0.25, 0.3) is 22.5 Å². The average molecular weight is 368 g/mol. The van der Waals surface area contributed by atoms with Crippen LogP contribution in [0.1, 0.15) is 27.7 Å². The average Bonchev–Trinajstić information content (AvgIpc) is 2.90. The Hall–Kier alpha value is -2.43. The van der Waals surface area contributed by atoms with E-state index in [0.29, 0.717) is 0 Å². The van der Waals surface area contributed by atoms with Gasteiger partial charge in [-0.05, 0) is 33.2 Å². The van der Waals surface area contributed by atoms with Gasteiger partial charge in [0.15, 0.2) is 0 Å². The smallest absolute Gasteiger partial charge is 0.399 e. The summed E-state index contributed by atoms with van der Waals surface area (Å²) in [6.45, 7) is 8.22. The van der Waals surface area contributed by atoms with Crippen LogP contribution >= 0.6 is 0 Å². The Morgan fingerprint density at radius 2 is 1.14 bits per heavy atom. The number of aromatic nitrogens is 2. The molecular weight excluding hydrogens is 346 g/mol. The van der Waals surface area contributed by atoms with Gasteiger partial charge in [-0.3, -0.25) is 9.97 Å². The molecule has 1 aliphatic heterocycles. The van der Waals surface area contributed by atoms with E-state index in [1.165, 1.54) is 0 Å². The monoisotopic (exact) mass is 368 g/mol. The molecule has 0 spiro atoms. The van der Waals surface area contributed by atoms with E-state index in [1.807, 2.05) is 48.5 Å². The van der Waals surface area contributed by atoms with E-state index in [0.717, 1.165) is 33.4 Å². The summed E-state index contributed by atoms with van der Waals surface area (Å²) in [5.74, 6) is 0. The summed E-state index contributed by atoms with van der Waals surface area (Å²) in [5.41, 5.74) is 4.65. The maximum Gasteiger partial charge on any atom is 0.494 e. The third kappa shape index (κ3) is 3.50. The van der Waals surface area contributed by atoms with Gasteiger partial charge in [0, 0.05) is 11.1 Å². The van der Waals surface area contributed by atoms with Crippen molar-refractivity contribution in [3.63, 3.8) is 0 Å². The maximum atomic E-state index is 6.11. The second kappa shape index (κ2) is 6.87. The molecular formula is C22H22B2N2O2. The minimum absolute atomic E-state index is 0.347. The number of hydrogen-bond donors (Lipinski definition) is 0. The van der Waals surface area contributed by atoms with Gasteiger partial charge in [-0.15, -0.1) is 0 Å². The summed E-state index contributed by atoms with van der Waals surface area (Å²) >= 11 is 0. The molecule has 6 heteroatoms. The molecule has 0 saturated carbocycles. The Morgan fingerprint density at radius 1 is 0.714 bits per heavy atom. The lowest BCUT2D eigenvalue weighted by Crippen LogP contribution is -2.41. The summed E-state index contributed by atoms with van der Waals surface area (Å²) in [4.78, 5) is 9.11. The van der Waals surface area contributed by atoms with Crippen molar-refractivity contribution in [2.75, 3.05) is 0 Å².